The van der Waals surface area contributed by atoms with Crippen LogP contribution in [0, 0.1) is 0 Å². The number of anilines is 2. The number of hydrogen-bond donors (Lipinski definition) is 2. The second-order valence-corrected chi connectivity index (χ2v) is 7.32. The molecule has 4 aromatic rings. The lowest BCUT2D eigenvalue weighted by molar-refractivity contribution is -0.116. The molecule has 8 nitrogen and oxygen atoms in total. The van der Waals surface area contributed by atoms with Crippen LogP contribution in [0.3, 0.4) is 0 Å². The molecule has 0 bridgehead atoms. The Balaban J connectivity index is 1.54. The summed E-state index contributed by atoms with van der Waals surface area (Å²) in [5, 5.41) is 6.78. The first-order valence-corrected chi connectivity index (χ1v) is 10.4. The molecule has 8 heteroatoms. The largest absolute Gasteiger partial charge is 0.497 e. The molecule has 0 saturated heterocycles. The number of para-hydroxylation sites is 1. The van der Waals surface area contributed by atoms with Crippen LogP contribution in [0.4, 0.5) is 11.5 Å². The fraction of sp³-hybridized carbons (Fsp3) is 0.160. The lowest BCUT2D eigenvalue weighted by Gasteiger charge is -2.14. The average molecular weight is 444 g/mol. The first-order valence-electron chi connectivity index (χ1n) is 10.4. The van der Waals surface area contributed by atoms with E-state index in [4.69, 9.17) is 9.47 Å². The van der Waals surface area contributed by atoms with Crippen molar-refractivity contribution in [1.29, 1.82) is 0 Å². The van der Waals surface area contributed by atoms with Crippen molar-refractivity contribution in [3.8, 4) is 11.5 Å². The van der Waals surface area contributed by atoms with Gasteiger partial charge in [-0.2, -0.15) is 4.98 Å². The summed E-state index contributed by atoms with van der Waals surface area (Å²) >= 11 is 0. The molecule has 0 aliphatic rings. The molecular formula is C25H24N4O4. The Hall–Kier alpha value is -4.33. The topological polar surface area (TPSA) is 94.5 Å². The molecule has 1 aromatic heterocycles. The quantitative estimate of drug-likeness (QED) is 0.431. The number of hydrogen-bond acceptors (Lipinski definition) is 6. The van der Waals surface area contributed by atoms with E-state index >= 15 is 0 Å². The molecule has 168 valence electrons. The number of aromatic nitrogens is 2. The van der Waals surface area contributed by atoms with Crippen molar-refractivity contribution in [1.82, 2.24) is 9.55 Å². The summed E-state index contributed by atoms with van der Waals surface area (Å²) in [4.78, 5) is 29.7. The second kappa shape index (κ2) is 9.86. The second-order valence-electron chi connectivity index (χ2n) is 7.32. The van der Waals surface area contributed by atoms with Crippen molar-refractivity contribution in [2.24, 2.45) is 0 Å². The van der Waals surface area contributed by atoms with Crippen molar-refractivity contribution < 1.29 is 14.3 Å². The van der Waals surface area contributed by atoms with Crippen molar-refractivity contribution in [2.45, 2.75) is 13.1 Å². The molecule has 2 N–H and O–H groups in total. The molecule has 1 heterocycles. The highest BCUT2D eigenvalue weighted by atomic mass is 16.5. The number of amides is 1. The van der Waals surface area contributed by atoms with Gasteiger partial charge < -0.3 is 20.1 Å². The van der Waals surface area contributed by atoms with Gasteiger partial charge in [0.25, 0.3) is 0 Å². The van der Waals surface area contributed by atoms with E-state index in [1.165, 1.54) is 4.57 Å². The van der Waals surface area contributed by atoms with Crippen LogP contribution in [0.15, 0.2) is 77.6 Å². The first kappa shape index (κ1) is 21.9. The predicted molar refractivity (Wildman–Crippen MR) is 128 cm³/mol. The molecule has 0 radical (unpaired) electrons. The maximum atomic E-state index is 12.8. The third-order valence-electron chi connectivity index (χ3n) is 5.18. The minimum Gasteiger partial charge on any atom is -0.497 e. The fourth-order valence-electron chi connectivity index (χ4n) is 3.46. The van der Waals surface area contributed by atoms with Gasteiger partial charge in [0.05, 0.1) is 19.7 Å². The maximum absolute atomic E-state index is 12.8. The minimum atomic E-state index is -0.504. The number of carbonyl (C=O) groups excluding carboxylic acids is 1. The van der Waals surface area contributed by atoms with Crippen molar-refractivity contribution >= 4 is 28.3 Å². The number of carbonyl (C=O) groups is 1. The Bertz CT molecular complexity index is 1320. The maximum Gasteiger partial charge on any atom is 0.350 e. The first-order chi connectivity index (χ1) is 16.1. The van der Waals surface area contributed by atoms with Crippen molar-refractivity contribution in [2.75, 3.05) is 24.9 Å². The molecule has 4 rings (SSSR count). The van der Waals surface area contributed by atoms with Crippen LogP contribution >= 0.6 is 0 Å². The van der Waals surface area contributed by atoms with Gasteiger partial charge in [-0.05, 0) is 54.1 Å². The smallest absolute Gasteiger partial charge is 0.350 e. The summed E-state index contributed by atoms with van der Waals surface area (Å²) < 4.78 is 11.7. The standard InChI is InChI=1S/C25H24N4O4/c1-32-19-11-7-17(8-12-19)15-26-24-21-5-3-4-6-22(21)29(25(31)28-24)16-23(30)27-18-9-13-20(33-2)14-10-18/h3-14H,15-16H2,1-2H3,(H,27,30)(H,26,28,31). The lowest BCUT2D eigenvalue weighted by Crippen LogP contribution is -2.30. The highest BCUT2D eigenvalue weighted by Crippen LogP contribution is 2.21. The van der Waals surface area contributed by atoms with Crippen LogP contribution in [0.5, 0.6) is 11.5 Å². The third kappa shape index (κ3) is 5.12. The molecule has 0 aliphatic carbocycles. The molecule has 0 aliphatic heterocycles. The zero-order valence-corrected chi connectivity index (χ0v) is 18.4. The molecule has 0 atom stereocenters. The fourth-order valence-corrected chi connectivity index (χ4v) is 3.46. The number of nitrogens with zero attached hydrogens (tertiary/aromatic N) is 2. The Morgan fingerprint density at radius 3 is 2.21 bits per heavy atom. The van der Waals surface area contributed by atoms with Crippen LogP contribution in [0.2, 0.25) is 0 Å². The van der Waals surface area contributed by atoms with Gasteiger partial charge in [-0.15, -0.1) is 0 Å². The van der Waals surface area contributed by atoms with Gasteiger partial charge in [0.1, 0.15) is 23.9 Å². The summed E-state index contributed by atoms with van der Waals surface area (Å²) in [7, 11) is 3.20. The molecule has 0 unspecified atom stereocenters. The molecule has 0 saturated carbocycles. The zero-order valence-electron chi connectivity index (χ0n) is 18.4. The van der Waals surface area contributed by atoms with Gasteiger partial charge in [-0.1, -0.05) is 24.3 Å². The summed E-state index contributed by atoms with van der Waals surface area (Å²) in [6.07, 6.45) is 0. The third-order valence-corrected chi connectivity index (χ3v) is 5.18. The SMILES string of the molecule is COc1ccc(CNc2nc(=O)n(CC(=O)Nc3ccc(OC)cc3)c3ccccc23)cc1. The number of nitrogens with one attached hydrogen (secondary N) is 2. The normalized spacial score (nSPS) is 10.6. The monoisotopic (exact) mass is 444 g/mol. The van der Waals surface area contributed by atoms with Gasteiger partial charge in [0.2, 0.25) is 5.91 Å². The van der Waals surface area contributed by atoms with Gasteiger partial charge in [0, 0.05) is 17.6 Å². The molecule has 0 fully saturated rings. The molecule has 0 spiro atoms. The van der Waals surface area contributed by atoms with E-state index < -0.39 is 5.69 Å². The van der Waals surface area contributed by atoms with Gasteiger partial charge in [-0.25, -0.2) is 4.79 Å². The number of ether oxygens (including phenoxy) is 2. The molecular weight excluding hydrogens is 420 g/mol. The Labute approximate surface area is 190 Å². The summed E-state index contributed by atoms with van der Waals surface area (Å²) in [6.45, 7) is 0.333. The average Bonchev–Trinajstić information content (AvgIpc) is 2.85. The highest BCUT2D eigenvalue weighted by Gasteiger charge is 2.13. The Morgan fingerprint density at radius 1 is 0.909 bits per heavy atom. The Morgan fingerprint density at radius 2 is 1.55 bits per heavy atom. The summed E-state index contributed by atoms with van der Waals surface area (Å²) in [6, 6.07) is 22.0. The van der Waals surface area contributed by atoms with Crippen LogP contribution < -0.4 is 25.8 Å². The number of fused-ring (bicyclic) bond motifs is 1. The van der Waals surface area contributed by atoms with E-state index in [-0.39, 0.29) is 12.5 Å². The predicted octanol–water partition coefficient (Wildman–Crippen LogP) is 3.66. The van der Waals surface area contributed by atoms with Crippen molar-refractivity contribution in [3.05, 3.63) is 88.8 Å². The van der Waals surface area contributed by atoms with Crippen molar-refractivity contribution in [3.63, 3.8) is 0 Å². The molecule has 33 heavy (non-hydrogen) atoms. The zero-order chi connectivity index (χ0) is 23.2. The van der Waals surface area contributed by atoms with E-state index in [2.05, 4.69) is 15.6 Å². The number of benzene rings is 3. The van der Waals surface area contributed by atoms with Crippen LogP contribution in [-0.4, -0.2) is 29.7 Å². The van der Waals surface area contributed by atoms with E-state index in [1.54, 1.807) is 44.6 Å². The van der Waals surface area contributed by atoms with Gasteiger partial charge >= 0.3 is 5.69 Å². The number of methoxy groups -OCH3 is 2. The van der Waals surface area contributed by atoms with E-state index in [0.29, 0.717) is 29.3 Å². The number of rotatable bonds is 8. The van der Waals surface area contributed by atoms with E-state index in [9.17, 15) is 9.59 Å². The van der Waals surface area contributed by atoms with E-state index in [0.717, 1.165) is 16.7 Å². The van der Waals surface area contributed by atoms with Crippen LogP contribution in [0.25, 0.3) is 10.9 Å². The minimum absolute atomic E-state index is 0.156. The summed E-state index contributed by atoms with van der Waals surface area (Å²) in [5.74, 6) is 1.61. The van der Waals surface area contributed by atoms with Gasteiger partial charge in [-0.3, -0.25) is 9.36 Å². The van der Waals surface area contributed by atoms with Crippen LogP contribution in [-0.2, 0) is 17.9 Å². The Kier molecular flexibility index (Phi) is 6.54. The van der Waals surface area contributed by atoms with E-state index in [1.807, 2.05) is 42.5 Å². The van der Waals surface area contributed by atoms with Gasteiger partial charge in [0.15, 0.2) is 0 Å². The lowest BCUT2D eigenvalue weighted by atomic mass is 10.2. The summed E-state index contributed by atoms with van der Waals surface area (Å²) in [5.41, 5.74) is 1.75. The molecule has 1 amide bonds. The van der Waals surface area contributed by atoms with Crippen LogP contribution in [0.1, 0.15) is 5.56 Å². The highest BCUT2D eigenvalue weighted by molar-refractivity contribution is 5.93. The molecule has 3 aromatic carbocycles.